The van der Waals surface area contributed by atoms with Crippen LogP contribution < -0.4 is 0 Å². The number of nitrogens with zero attached hydrogens (tertiary/aromatic N) is 2. The molecule has 2 aliphatic heterocycles. The second-order valence-corrected chi connectivity index (χ2v) is 11.8. The van der Waals surface area contributed by atoms with Gasteiger partial charge in [-0.1, -0.05) is 23.2 Å². The predicted octanol–water partition coefficient (Wildman–Crippen LogP) is 5.69. The van der Waals surface area contributed by atoms with Crippen LogP contribution in [-0.2, 0) is 32.0 Å². The average molecular weight is 631 g/mol. The Morgan fingerprint density at radius 2 is 1.71 bits per heavy atom. The lowest BCUT2D eigenvalue weighted by atomic mass is 9.97. The number of esters is 2. The summed E-state index contributed by atoms with van der Waals surface area (Å²) in [6.45, 7) is 2.16. The van der Waals surface area contributed by atoms with Crippen molar-refractivity contribution in [3.63, 3.8) is 0 Å². The Morgan fingerprint density at radius 3 is 2.38 bits per heavy atom. The van der Waals surface area contributed by atoms with Gasteiger partial charge in [0, 0.05) is 36.2 Å². The van der Waals surface area contributed by atoms with Gasteiger partial charge < -0.3 is 14.4 Å². The second-order valence-electron chi connectivity index (χ2n) is 10.9. The van der Waals surface area contributed by atoms with Crippen molar-refractivity contribution < 1.29 is 41.4 Å². The first-order valence-corrected chi connectivity index (χ1v) is 14.4. The van der Waals surface area contributed by atoms with Gasteiger partial charge in [0.1, 0.15) is 11.9 Å². The molecule has 2 heterocycles. The zero-order valence-electron chi connectivity index (χ0n) is 22.4. The first kappa shape index (κ1) is 30.7. The van der Waals surface area contributed by atoms with Gasteiger partial charge in [-0.25, -0.2) is 14.0 Å². The standard InChI is InChI=1S/C29H28Cl2F4N2O5/c30-19-8-16(9-20(31)12-19)10-21-15-36(6-7-41-21)14-18-11-24(32)23(13-22(18)17-3-4-17)26(38)37-5-1-2-25(37)27(39)42-28(40)29(33,34)35/h8-9,11-13,17,21,25H,1-7,10,14-15H2/t21-,25+/m1/s1. The van der Waals surface area contributed by atoms with Gasteiger partial charge in [0.05, 0.1) is 18.3 Å². The van der Waals surface area contributed by atoms with E-state index < -0.39 is 35.9 Å². The summed E-state index contributed by atoms with van der Waals surface area (Å²) in [5.41, 5.74) is 2.25. The van der Waals surface area contributed by atoms with E-state index in [1.165, 1.54) is 12.1 Å². The topological polar surface area (TPSA) is 76.2 Å². The molecule has 42 heavy (non-hydrogen) atoms. The fourth-order valence-corrected chi connectivity index (χ4v) is 6.18. The average Bonchev–Trinajstić information content (AvgIpc) is 3.62. The van der Waals surface area contributed by atoms with Crippen LogP contribution in [0.4, 0.5) is 17.6 Å². The van der Waals surface area contributed by atoms with Crippen LogP contribution in [0.25, 0.3) is 0 Å². The molecule has 3 fully saturated rings. The van der Waals surface area contributed by atoms with E-state index in [-0.39, 0.29) is 30.6 Å². The summed E-state index contributed by atoms with van der Waals surface area (Å²) < 4.78 is 63.1. The molecule has 0 N–H and O–H groups in total. The highest BCUT2D eigenvalue weighted by atomic mass is 35.5. The predicted molar refractivity (Wildman–Crippen MR) is 145 cm³/mol. The van der Waals surface area contributed by atoms with E-state index in [1.54, 1.807) is 6.07 Å². The number of benzene rings is 2. The van der Waals surface area contributed by atoms with Crippen molar-refractivity contribution >= 4 is 41.0 Å². The summed E-state index contributed by atoms with van der Waals surface area (Å²) in [5, 5.41) is 1.08. The van der Waals surface area contributed by atoms with Crippen LogP contribution in [0, 0.1) is 5.82 Å². The Morgan fingerprint density at radius 1 is 1.00 bits per heavy atom. The van der Waals surface area contributed by atoms with Crippen LogP contribution in [0.5, 0.6) is 0 Å². The number of alkyl halides is 3. The number of carbonyl (C=O) groups excluding carboxylic acids is 3. The number of ether oxygens (including phenoxy) is 2. The molecular formula is C29H28Cl2F4N2O5. The number of amides is 1. The van der Waals surface area contributed by atoms with E-state index in [4.69, 9.17) is 27.9 Å². The number of morpholine rings is 1. The third-order valence-corrected chi connectivity index (χ3v) is 8.13. The highest BCUT2D eigenvalue weighted by Crippen LogP contribution is 2.43. The molecule has 2 aromatic carbocycles. The molecule has 5 rings (SSSR count). The molecule has 0 spiro atoms. The molecule has 0 radical (unpaired) electrons. The molecule has 3 aliphatic rings. The van der Waals surface area contributed by atoms with Gasteiger partial charge in [-0.3, -0.25) is 9.69 Å². The normalized spacial score (nSPS) is 21.4. The Kier molecular flexibility index (Phi) is 9.13. The van der Waals surface area contributed by atoms with Crippen LogP contribution in [0.1, 0.15) is 58.6 Å². The monoisotopic (exact) mass is 630 g/mol. The summed E-state index contributed by atoms with van der Waals surface area (Å²) in [6, 6.07) is 6.76. The molecule has 13 heteroatoms. The first-order chi connectivity index (χ1) is 19.9. The Balaban J connectivity index is 1.30. The van der Waals surface area contributed by atoms with E-state index in [0.29, 0.717) is 49.1 Å². The first-order valence-electron chi connectivity index (χ1n) is 13.6. The van der Waals surface area contributed by atoms with E-state index in [2.05, 4.69) is 9.64 Å². The summed E-state index contributed by atoms with van der Waals surface area (Å²) in [6.07, 6.45) is -2.82. The third-order valence-electron chi connectivity index (χ3n) is 7.69. The number of hydrogen-bond acceptors (Lipinski definition) is 6. The fraction of sp³-hybridized carbons (Fsp3) is 0.483. The molecule has 1 saturated carbocycles. The van der Waals surface area contributed by atoms with Crippen molar-refractivity contribution in [2.24, 2.45) is 0 Å². The van der Waals surface area contributed by atoms with Crippen LogP contribution in [-0.4, -0.2) is 72.2 Å². The van der Waals surface area contributed by atoms with Gasteiger partial charge in [-0.05, 0) is 85.0 Å². The van der Waals surface area contributed by atoms with Crippen molar-refractivity contribution in [1.29, 1.82) is 0 Å². The zero-order chi connectivity index (χ0) is 30.2. The van der Waals surface area contributed by atoms with E-state index >= 15 is 4.39 Å². The van der Waals surface area contributed by atoms with E-state index in [0.717, 1.165) is 34.4 Å². The minimum absolute atomic E-state index is 0.00445. The SMILES string of the molecule is O=C(OC(=O)C(F)(F)F)[C@@H]1CCCN1C(=O)c1cc(C2CC2)c(CN2CCO[C@H](Cc3cc(Cl)cc(Cl)c3)C2)cc1F. The minimum atomic E-state index is -5.35. The molecule has 1 aliphatic carbocycles. The van der Waals surface area contributed by atoms with Gasteiger partial charge in [0.25, 0.3) is 5.91 Å². The second kappa shape index (κ2) is 12.5. The molecule has 226 valence electrons. The zero-order valence-corrected chi connectivity index (χ0v) is 23.9. The van der Waals surface area contributed by atoms with Gasteiger partial charge >= 0.3 is 18.1 Å². The highest BCUT2D eigenvalue weighted by Gasteiger charge is 2.45. The molecule has 0 unspecified atom stereocenters. The molecule has 2 atom stereocenters. The summed E-state index contributed by atoms with van der Waals surface area (Å²) >= 11 is 12.3. The van der Waals surface area contributed by atoms with Crippen molar-refractivity contribution in [2.45, 2.75) is 62.9 Å². The molecular weight excluding hydrogens is 603 g/mol. The third kappa shape index (κ3) is 7.24. The van der Waals surface area contributed by atoms with Crippen LogP contribution in [0.2, 0.25) is 10.0 Å². The summed E-state index contributed by atoms with van der Waals surface area (Å²) in [7, 11) is 0. The maximum absolute atomic E-state index is 15.5. The van der Waals surface area contributed by atoms with Crippen molar-refractivity contribution in [3.05, 3.63) is 68.4 Å². The van der Waals surface area contributed by atoms with E-state index in [1.807, 2.05) is 12.1 Å². The largest absolute Gasteiger partial charge is 0.491 e. The number of likely N-dealkylation sites (tertiary alicyclic amines) is 1. The lowest BCUT2D eigenvalue weighted by Crippen LogP contribution is -2.44. The summed E-state index contributed by atoms with van der Waals surface area (Å²) in [5.74, 6) is -5.60. The molecule has 2 aromatic rings. The molecule has 0 aromatic heterocycles. The molecule has 7 nitrogen and oxygen atoms in total. The summed E-state index contributed by atoms with van der Waals surface area (Å²) in [4.78, 5) is 39.9. The lowest BCUT2D eigenvalue weighted by molar-refractivity contribution is -0.203. The Bertz CT molecular complexity index is 1360. The Hall–Kier alpha value is -2.73. The van der Waals surface area contributed by atoms with Crippen molar-refractivity contribution in [2.75, 3.05) is 26.2 Å². The number of hydrogen-bond donors (Lipinski definition) is 0. The van der Waals surface area contributed by atoms with Gasteiger partial charge in [0.2, 0.25) is 0 Å². The van der Waals surface area contributed by atoms with Crippen LogP contribution in [0.3, 0.4) is 0 Å². The maximum Gasteiger partial charge on any atom is 0.491 e. The number of rotatable bonds is 7. The Labute approximate surface area is 249 Å². The maximum atomic E-state index is 15.5. The smallest absolute Gasteiger partial charge is 0.385 e. The minimum Gasteiger partial charge on any atom is -0.385 e. The highest BCUT2D eigenvalue weighted by molar-refractivity contribution is 6.34. The number of halogens is 6. The van der Waals surface area contributed by atoms with Gasteiger partial charge in [0.15, 0.2) is 0 Å². The lowest BCUT2D eigenvalue weighted by Gasteiger charge is -2.33. The van der Waals surface area contributed by atoms with Gasteiger partial charge in [-0.2, -0.15) is 13.2 Å². The fourth-order valence-electron chi connectivity index (χ4n) is 5.61. The van der Waals surface area contributed by atoms with Gasteiger partial charge in [-0.15, -0.1) is 0 Å². The quantitative estimate of drug-likeness (QED) is 0.222. The van der Waals surface area contributed by atoms with Crippen molar-refractivity contribution in [1.82, 2.24) is 9.80 Å². The van der Waals surface area contributed by atoms with E-state index in [9.17, 15) is 27.6 Å². The molecule has 2 saturated heterocycles. The number of carbonyl (C=O) groups is 3. The molecule has 0 bridgehead atoms. The molecule has 1 amide bonds. The van der Waals surface area contributed by atoms with Crippen LogP contribution in [0.15, 0.2) is 30.3 Å². The van der Waals surface area contributed by atoms with Crippen molar-refractivity contribution in [3.8, 4) is 0 Å². The van der Waals surface area contributed by atoms with Crippen LogP contribution >= 0.6 is 23.2 Å².